The fourth-order valence-electron chi connectivity index (χ4n) is 7.96. The van der Waals surface area contributed by atoms with Crippen LogP contribution in [0.2, 0.25) is 5.02 Å². The van der Waals surface area contributed by atoms with Gasteiger partial charge in [-0.3, -0.25) is 9.69 Å². The van der Waals surface area contributed by atoms with Gasteiger partial charge < -0.3 is 14.5 Å². The van der Waals surface area contributed by atoms with Gasteiger partial charge in [0.05, 0.1) is 10.6 Å². The highest BCUT2D eigenvalue weighted by Crippen LogP contribution is 2.43. The number of benzene rings is 2. The lowest BCUT2D eigenvalue weighted by Gasteiger charge is -2.40. The molecule has 3 fully saturated rings. The average molecular weight is 622 g/mol. The van der Waals surface area contributed by atoms with Crippen molar-refractivity contribution in [1.82, 2.24) is 19.8 Å². The van der Waals surface area contributed by atoms with Crippen LogP contribution in [0, 0.1) is 5.82 Å². The van der Waals surface area contributed by atoms with Crippen molar-refractivity contribution in [3.05, 3.63) is 58.9 Å². The Kier molecular flexibility index (Phi) is 7.73. The normalized spacial score (nSPS) is 25.3. The lowest BCUT2D eigenvalue weighted by atomic mass is 9.85. The maximum Gasteiger partial charge on any atom is 0.319 e. The number of fused-ring (bicyclic) bond motifs is 3. The van der Waals surface area contributed by atoms with Crippen LogP contribution < -0.4 is 9.64 Å². The first-order valence-corrected chi connectivity index (χ1v) is 16.2. The van der Waals surface area contributed by atoms with Crippen molar-refractivity contribution in [2.45, 2.75) is 69.6 Å². The maximum atomic E-state index is 16.9. The molecule has 7 nitrogen and oxygen atoms in total. The summed E-state index contributed by atoms with van der Waals surface area (Å²) in [6.07, 6.45) is 6.70. The van der Waals surface area contributed by atoms with Gasteiger partial charge in [0.15, 0.2) is 5.82 Å². The van der Waals surface area contributed by atoms with Gasteiger partial charge in [-0.1, -0.05) is 36.4 Å². The van der Waals surface area contributed by atoms with E-state index >= 15 is 4.39 Å². The van der Waals surface area contributed by atoms with Crippen LogP contribution >= 0.6 is 11.6 Å². The smallest absolute Gasteiger partial charge is 0.319 e. The van der Waals surface area contributed by atoms with Crippen LogP contribution in [0.5, 0.6) is 6.01 Å². The summed E-state index contributed by atoms with van der Waals surface area (Å²) < 4.78 is 37.6. The largest absolute Gasteiger partial charge is 0.461 e. The molecule has 1 unspecified atom stereocenters. The number of carbonyl (C=O) groups excluding carboxylic acids is 1. The van der Waals surface area contributed by atoms with E-state index in [1.807, 2.05) is 19.1 Å². The first-order chi connectivity index (χ1) is 21.3. The predicted octanol–water partition coefficient (Wildman–Crippen LogP) is 6.15. The second-order valence-corrected chi connectivity index (χ2v) is 13.2. The van der Waals surface area contributed by atoms with E-state index in [0.29, 0.717) is 54.4 Å². The Morgan fingerprint density at radius 2 is 2.02 bits per heavy atom. The van der Waals surface area contributed by atoms with Crippen molar-refractivity contribution < 1.29 is 18.3 Å². The molecule has 3 saturated heterocycles. The molecule has 1 aliphatic carbocycles. The number of hydrogen-bond donors (Lipinski definition) is 0. The molecule has 1 aromatic heterocycles. The van der Waals surface area contributed by atoms with E-state index in [9.17, 15) is 9.18 Å². The quantitative estimate of drug-likeness (QED) is 0.308. The minimum Gasteiger partial charge on any atom is -0.461 e. The Bertz CT molecular complexity index is 1640. The number of piperazine rings is 1. The van der Waals surface area contributed by atoms with Crippen molar-refractivity contribution in [3.63, 3.8) is 0 Å². The Labute approximate surface area is 261 Å². The summed E-state index contributed by atoms with van der Waals surface area (Å²) in [6, 6.07) is 7.75. The highest BCUT2D eigenvalue weighted by Gasteiger charge is 2.49. The third kappa shape index (κ3) is 5.02. The molecule has 10 heteroatoms. The molecule has 0 spiro atoms. The first-order valence-electron chi connectivity index (χ1n) is 15.8. The molecule has 3 aliphatic heterocycles. The zero-order valence-corrected chi connectivity index (χ0v) is 25.9. The lowest BCUT2D eigenvalue weighted by molar-refractivity contribution is -0.126. The maximum absolute atomic E-state index is 16.9. The summed E-state index contributed by atoms with van der Waals surface area (Å²) in [5.41, 5.74) is 3.28. The molecular weight excluding hydrogens is 584 g/mol. The minimum absolute atomic E-state index is 0.0649. The number of ether oxygens (including phenoxy) is 1. The molecule has 0 bridgehead atoms. The van der Waals surface area contributed by atoms with Gasteiger partial charge in [-0.15, -0.1) is 0 Å². The number of aryl methyl sites for hydroxylation is 1. The van der Waals surface area contributed by atoms with Gasteiger partial charge in [-0.2, -0.15) is 9.97 Å². The van der Waals surface area contributed by atoms with Crippen molar-refractivity contribution in [3.8, 4) is 17.1 Å². The highest BCUT2D eigenvalue weighted by atomic mass is 35.5. The Morgan fingerprint density at radius 1 is 1.18 bits per heavy atom. The van der Waals surface area contributed by atoms with Crippen LogP contribution in [-0.2, 0) is 17.6 Å². The van der Waals surface area contributed by atoms with E-state index in [1.54, 1.807) is 11.0 Å². The molecule has 0 saturated carbocycles. The van der Waals surface area contributed by atoms with E-state index in [1.165, 1.54) is 11.6 Å². The second kappa shape index (κ2) is 11.6. The number of alkyl halides is 1. The lowest BCUT2D eigenvalue weighted by Crippen LogP contribution is -2.53. The fourth-order valence-corrected chi connectivity index (χ4v) is 8.25. The topological polar surface area (TPSA) is 61.8 Å². The number of amides is 1. The Morgan fingerprint density at radius 3 is 2.84 bits per heavy atom. The van der Waals surface area contributed by atoms with Gasteiger partial charge >= 0.3 is 6.01 Å². The molecule has 3 atom stereocenters. The number of halogens is 3. The number of nitrogens with zero attached hydrogens (tertiary/aromatic N) is 5. The van der Waals surface area contributed by atoms with Crippen LogP contribution in [-0.4, -0.2) is 82.8 Å². The molecule has 1 amide bonds. The van der Waals surface area contributed by atoms with Gasteiger partial charge in [-0.25, -0.2) is 8.78 Å². The number of hydrogen-bond acceptors (Lipinski definition) is 6. The fraction of sp³-hybridized carbons (Fsp3) is 0.500. The average Bonchev–Trinajstić information content (AvgIpc) is 3.55. The molecule has 3 aromatic rings. The third-order valence-electron chi connectivity index (χ3n) is 10.1. The van der Waals surface area contributed by atoms with Crippen LogP contribution in [0.15, 0.2) is 36.9 Å². The predicted molar refractivity (Wildman–Crippen MR) is 169 cm³/mol. The van der Waals surface area contributed by atoms with Gasteiger partial charge in [0, 0.05) is 49.6 Å². The van der Waals surface area contributed by atoms with E-state index < -0.39 is 17.5 Å². The number of anilines is 1. The minimum atomic E-state index is -0.888. The van der Waals surface area contributed by atoms with Gasteiger partial charge in [0.1, 0.15) is 24.1 Å². The molecule has 4 heterocycles. The summed E-state index contributed by atoms with van der Waals surface area (Å²) in [4.78, 5) is 27.8. The third-order valence-corrected chi connectivity index (χ3v) is 10.4. The molecule has 0 radical (unpaired) electrons. The van der Waals surface area contributed by atoms with Crippen LogP contribution in [0.1, 0.15) is 50.2 Å². The van der Waals surface area contributed by atoms with Gasteiger partial charge in [0.25, 0.3) is 0 Å². The van der Waals surface area contributed by atoms with Crippen LogP contribution in [0.3, 0.4) is 0 Å². The molecule has 44 heavy (non-hydrogen) atoms. The van der Waals surface area contributed by atoms with Crippen molar-refractivity contribution in [2.24, 2.45) is 0 Å². The highest BCUT2D eigenvalue weighted by molar-refractivity contribution is 6.34. The van der Waals surface area contributed by atoms with Crippen LogP contribution in [0.4, 0.5) is 14.6 Å². The Balaban J connectivity index is 1.33. The zero-order chi connectivity index (χ0) is 30.6. The van der Waals surface area contributed by atoms with Crippen molar-refractivity contribution in [2.75, 3.05) is 44.2 Å². The molecular formula is C34H38ClF2N5O2. The summed E-state index contributed by atoms with van der Waals surface area (Å²) in [5, 5.41) is 0.801. The second-order valence-electron chi connectivity index (χ2n) is 12.8. The zero-order valence-electron chi connectivity index (χ0n) is 25.1. The summed E-state index contributed by atoms with van der Waals surface area (Å²) in [7, 11) is 0. The van der Waals surface area contributed by atoms with Crippen molar-refractivity contribution in [1.29, 1.82) is 0 Å². The van der Waals surface area contributed by atoms with E-state index in [4.69, 9.17) is 21.3 Å². The van der Waals surface area contributed by atoms with Gasteiger partial charge in [-0.05, 0) is 80.8 Å². The summed E-state index contributed by atoms with van der Waals surface area (Å²) in [5.74, 6) is -0.110. The van der Waals surface area contributed by atoms with Crippen LogP contribution in [0.25, 0.3) is 22.0 Å². The summed E-state index contributed by atoms with van der Waals surface area (Å²) >= 11 is 6.93. The first kappa shape index (κ1) is 29.4. The standard InChI is InChI=1S/C34H38ClF2N5O2/c1-3-28(43)40-14-15-42(21(2)18-40)32-26-16-27(35)29(25-11-6-9-22-8-4-5-10-24(22)25)30(37)31(26)38-33(39-32)44-20-34-12-7-13-41(34)19-23(36)17-34/h3,6,9,11,16,21,23H,1,4-5,7-8,10,12-15,17-20H2,2H3/t21-,23+,34?/m0/s1. The molecule has 2 aromatic carbocycles. The van der Waals surface area contributed by atoms with E-state index in [2.05, 4.69) is 27.4 Å². The van der Waals surface area contributed by atoms with E-state index in [-0.39, 0.29) is 30.1 Å². The Hall–Kier alpha value is -3.30. The molecule has 0 N–H and O–H groups in total. The number of aromatic nitrogens is 2. The van der Waals surface area contributed by atoms with Crippen molar-refractivity contribution >= 4 is 34.2 Å². The van der Waals surface area contributed by atoms with Gasteiger partial charge in [0.2, 0.25) is 5.91 Å². The molecule has 7 rings (SSSR count). The summed E-state index contributed by atoms with van der Waals surface area (Å²) in [6.45, 7) is 8.55. The molecule has 4 aliphatic rings. The number of rotatable bonds is 6. The SMILES string of the molecule is C=CC(=O)N1CCN(c2nc(OCC34CCCN3C[C@H](F)C4)nc3c(F)c(-c4cccc5c4CCCC5)c(Cl)cc23)[C@@H](C)C1. The number of carbonyl (C=O) groups is 1. The molecule has 232 valence electrons. The van der Waals surface area contributed by atoms with E-state index in [0.717, 1.165) is 56.2 Å². The monoisotopic (exact) mass is 621 g/mol.